The Balaban J connectivity index is 2.95. The van der Waals surface area contributed by atoms with Gasteiger partial charge in [0.25, 0.3) is 0 Å². The molecule has 0 aliphatic rings. The lowest BCUT2D eigenvalue weighted by molar-refractivity contribution is -0.137. The van der Waals surface area contributed by atoms with Crippen LogP contribution in [0.4, 0.5) is 13.2 Å². The summed E-state index contributed by atoms with van der Waals surface area (Å²) >= 11 is 0. The molecule has 0 fully saturated rings. The van der Waals surface area contributed by atoms with E-state index in [4.69, 9.17) is 0 Å². The summed E-state index contributed by atoms with van der Waals surface area (Å²) in [4.78, 5) is 27.8. The Hall–Kier alpha value is -2.43. The maximum atomic E-state index is 12.5. The predicted octanol–water partition coefficient (Wildman–Crippen LogP) is 2.83. The Morgan fingerprint density at radius 3 is 2.21 bits per heavy atom. The number of aromatic nitrogens is 1. The Kier molecular flexibility index (Phi) is 5.71. The molecule has 1 aromatic heterocycles. The molecule has 0 saturated carbocycles. The fourth-order valence-corrected chi connectivity index (χ4v) is 1.75. The molecule has 2 unspecified atom stereocenters. The molecule has 0 spiro atoms. The van der Waals surface area contributed by atoms with Crippen molar-refractivity contribution in [2.24, 2.45) is 5.41 Å². The zero-order valence-electron chi connectivity index (χ0n) is 13.7. The van der Waals surface area contributed by atoms with Gasteiger partial charge in [0.15, 0.2) is 5.78 Å². The normalized spacial score (nSPS) is 14.4. The minimum atomic E-state index is -4.55. The van der Waals surface area contributed by atoms with Crippen LogP contribution in [0.25, 0.3) is 0 Å². The van der Waals surface area contributed by atoms with Crippen molar-refractivity contribution in [3.8, 4) is 6.07 Å². The van der Waals surface area contributed by atoms with E-state index in [1.165, 1.54) is 6.92 Å². The van der Waals surface area contributed by atoms with Crippen molar-refractivity contribution >= 4 is 11.7 Å². The van der Waals surface area contributed by atoms with E-state index in [1.807, 2.05) is 0 Å². The number of Topliss-reactive ketones (excluding diaryl/α,β-unsaturated/α-hetero) is 1. The average Bonchev–Trinajstić information content (AvgIpc) is 2.46. The highest BCUT2D eigenvalue weighted by atomic mass is 19.4. The lowest BCUT2D eigenvalue weighted by Crippen LogP contribution is -2.45. The van der Waals surface area contributed by atoms with Gasteiger partial charge in [0.05, 0.1) is 23.4 Å². The zero-order valence-corrected chi connectivity index (χ0v) is 13.7. The number of nitrogens with zero attached hydrogens (tertiary/aromatic N) is 2. The minimum Gasteiger partial charge on any atom is -0.346 e. The fourth-order valence-electron chi connectivity index (χ4n) is 1.75. The van der Waals surface area contributed by atoms with Crippen molar-refractivity contribution in [1.29, 1.82) is 5.26 Å². The van der Waals surface area contributed by atoms with Crippen LogP contribution < -0.4 is 5.32 Å². The van der Waals surface area contributed by atoms with Gasteiger partial charge in [-0.2, -0.15) is 18.4 Å². The average molecular weight is 341 g/mol. The highest BCUT2D eigenvalue weighted by Crippen LogP contribution is 2.29. The van der Waals surface area contributed by atoms with Crippen molar-refractivity contribution < 1.29 is 22.8 Å². The summed E-state index contributed by atoms with van der Waals surface area (Å²) < 4.78 is 37.6. The molecular weight excluding hydrogens is 323 g/mol. The highest BCUT2D eigenvalue weighted by Gasteiger charge is 2.33. The molecule has 0 saturated heterocycles. The molecule has 0 aliphatic heterocycles. The largest absolute Gasteiger partial charge is 0.417 e. The molecule has 1 N–H and O–H groups in total. The Morgan fingerprint density at radius 2 is 1.83 bits per heavy atom. The van der Waals surface area contributed by atoms with E-state index in [9.17, 15) is 28.0 Å². The predicted molar refractivity (Wildman–Crippen MR) is 79.7 cm³/mol. The first kappa shape index (κ1) is 19.6. The third-order valence-corrected chi connectivity index (χ3v) is 3.28. The molecular formula is C16H18F3N3O2. The smallest absolute Gasteiger partial charge is 0.346 e. The number of hydrogen-bond acceptors (Lipinski definition) is 4. The third kappa shape index (κ3) is 4.78. The number of carbonyl (C=O) groups excluding carboxylic acids is 2. The standard InChI is InChI=1S/C16H18F3N3O2/c1-9(22-14(24)15(2,3)4)13(23)11(7-20)12-6-5-10(8-21-12)16(17,18)19/h5-6,8-9,11H,1-4H3,(H,22,24). The number of amides is 1. The van der Waals surface area contributed by atoms with E-state index >= 15 is 0 Å². The summed E-state index contributed by atoms with van der Waals surface area (Å²) in [6, 6.07) is 2.51. The van der Waals surface area contributed by atoms with E-state index < -0.39 is 34.9 Å². The van der Waals surface area contributed by atoms with E-state index in [1.54, 1.807) is 26.8 Å². The number of nitriles is 1. The lowest BCUT2D eigenvalue weighted by atomic mass is 9.92. The van der Waals surface area contributed by atoms with Gasteiger partial charge in [-0.1, -0.05) is 20.8 Å². The van der Waals surface area contributed by atoms with Crippen LogP contribution in [0.5, 0.6) is 0 Å². The Labute approximate surface area is 137 Å². The van der Waals surface area contributed by atoms with Gasteiger partial charge in [-0.15, -0.1) is 0 Å². The quantitative estimate of drug-likeness (QED) is 0.913. The SMILES string of the molecule is CC(NC(=O)C(C)(C)C)C(=O)C(C#N)c1ccc(C(F)(F)F)cn1. The molecule has 1 aromatic rings. The van der Waals surface area contributed by atoms with Crippen molar-refractivity contribution in [3.05, 3.63) is 29.6 Å². The fraction of sp³-hybridized carbons (Fsp3) is 0.500. The number of halogens is 3. The van der Waals surface area contributed by atoms with E-state index in [0.29, 0.717) is 6.20 Å². The summed E-state index contributed by atoms with van der Waals surface area (Å²) in [6.07, 6.45) is -3.98. The van der Waals surface area contributed by atoms with Crippen molar-refractivity contribution in [2.45, 2.75) is 45.8 Å². The molecule has 1 rings (SSSR count). The number of ketones is 1. The van der Waals surface area contributed by atoms with Gasteiger partial charge < -0.3 is 5.32 Å². The number of alkyl halides is 3. The molecule has 130 valence electrons. The number of rotatable bonds is 4. The first-order chi connectivity index (χ1) is 10.9. The van der Waals surface area contributed by atoms with Gasteiger partial charge in [-0.05, 0) is 19.1 Å². The maximum Gasteiger partial charge on any atom is 0.417 e. The van der Waals surface area contributed by atoms with Crippen LogP contribution in [-0.2, 0) is 15.8 Å². The first-order valence-electron chi connectivity index (χ1n) is 7.15. The van der Waals surface area contributed by atoms with Crippen LogP contribution in [0.15, 0.2) is 18.3 Å². The third-order valence-electron chi connectivity index (χ3n) is 3.28. The minimum absolute atomic E-state index is 0.0904. The first-order valence-corrected chi connectivity index (χ1v) is 7.15. The summed E-state index contributed by atoms with van der Waals surface area (Å²) in [5.41, 5.74) is -1.78. The number of hydrogen-bond donors (Lipinski definition) is 1. The monoisotopic (exact) mass is 341 g/mol. The molecule has 0 aromatic carbocycles. The van der Waals surface area contributed by atoms with Crippen LogP contribution in [0.2, 0.25) is 0 Å². The van der Waals surface area contributed by atoms with Crippen LogP contribution in [0, 0.1) is 16.7 Å². The van der Waals surface area contributed by atoms with E-state index in [-0.39, 0.29) is 11.6 Å². The Morgan fingerprint density at radius 1 is 1.25 bits per heavy atom. The maximum absolute atomic E-state index is 12.5. The summed E-state index contributed by atoms with van der Waals surface area (Å²) in [5.74, 6) is -2.37. The highest BCUT2D eigenvalue weighted by molar-refractivity contribution is 5.95. The van der Waals surface area contributed by atoms with Gasteiger partial charge in [0, 0.05) is 11.6 Å². The van der Waals surface area contributed by atoms with Gasteiger partial charge in [-0.3, -0.25) is 14.6 Å². The van der Waals surface area contributed by atoms with Crippen LogP contribution in [0.1, 0.15) is 44.9 Å². The molecule has 2 atom stereocenters. The van der Waals surface area contributed by atoms with Crippen LogP contribution in [-0.4, -0.2) is 22.7 Å². The van der Waals surface area contributed by atoms with Gasteiger partial charge >= 0.3 is 6.18 Å². The molecule has 0 aliphatic carbocycles. The lowest BCUT2D eigenvalue weighted by Gasteiger charge is -2.22. The van der Waals surface area contributed by atoms with Crippen molar-refractivity contribution in [3.63, 3.8) is 0 Å². The molecule has 0 bridgehead atoms. The Bertz CT molecular complexity index is 655. The topological polar surface area (TPSA) is 82.9 Å². The van der Waals surface area contributed by atoms with Gasteiger partial charge in [-0.25, -0.2) is 0 Å². The van der Waals surface area contributed by atoms with Crippen molar-refractivity contribution in [2.75, 3.05) is 0 Å². The number of pyridine rings is 1. The molecule has 1 heterocycles. The molecule has 8 heteroatoms. The summed E-state index contributed by atoms with van der Waals surface area (Å²) in [6.45, 7) is 6.41. The van der Waals surface area contributed by atoms with E-state index in [0.717, 1.165) is 12.1 Å². The molecule has 1 amide bonds. The molecule has 0 radical (unpaired) electrons. The van der Waals surface area contributed by atoms with Crippen molar-refractivity contribution in [1.82, 2.24) is 10.3 Å². The van der Waals surface area contributed by atoms with Crippen LogP contribution in [0.3, 0.4) is 0 Å². The zero-order chi connectivity index (χ0) is 18.7. The summed E-state index contributed by atoms with van der Waals surface area (Å²) in [5, 5.41) is 11.7. The van der Waals surface area contributed by atoms with E-state index in [2.05, 4.69) is 10.3 Å². The molecule has 24 heavy (non-hydrogen) atoms. The van der Waals surface area contributed by atoms with Gasteiger partial charge in [0.2, 0.25) is 5.91 Å². The summed E-state index contributed by atoms with van der Waals surface area (Å²) in [7, 11) is 0. The number of nitrogens with one attached hydrogen (secondary N) is 1. The van der Waals surface area contributed by atoms with Crippen LogP contribution >= 0.6 is 0 Å². The molecule has 5 nitrogen and oxygen atoms in total. The second-order valence-electron chi connectivity index (χ2n) is 6.38. The van der Waals surface area contributed by atoms with Gasteiger partial charge in [0.1, 0.15) is 5.92 Å². The number of carbonyl (C=O) groups is 2. The second kappa shape index (κ2) is 6.99. The second-order valence-corrected chi connectivity index (χ2v) is 6.38.